The summed E-state index contributed by atoms with van der Waals surface area (Å²) in [5, 5.41) is 9.83. The number of hydrogen-bond donors (Lipinski definition) is 1. The Kier molecular flexibility index (Phi) is 4.27. The van der Waals surface area contributed by atoms with Gasteiger partial charge in [0.25, 0.3) is 0 Å². The molecule has 1 N–H and O–H groups in total. The highest BCUT2D eigenvalue weighted by Crippen LogP contribution is 2.28. The number of aliphatic hydroxyl groups excluding tert-OH is 1. The fraction of sp³-hybridized carbons (Fsp3) is 1.00. The van der Waals surface area contributed by atoms with E-state index in [9.17, 15) is 5.11 Å². The van der Waals surface area contributed by atoms with Crippen molar-refractivity contribution in [1.29, 1.82) is 0 Å². The first-order valence-electron chi connectivity index (χ1n) is 5.08. The van der Waals surface area contributed by atoms with Crippen molar-refractivity contribution in [2.45, 2.75) is 31.6 Å². The van der Waals surface area contributed by atoms with E-state index in [2.05, 4.69) is 0 Å². The zero-order valence-electron chi connectivity index (χ0n) is 9.78. The molecule has 1 fully saturated rings. The molecule has 0 bridgehead atoms. The van der Waals surface area contributed by atoms with E-state index < -0.39 is 14.5 Å². The van der Waals surface area contributed by atoms with Crippen LogP contribution >= 0.6 is 0 Å². The van der Waals surface area contributed by atoms with Crippen LogP contribution in [0.1, 0.15) is 20.3 Å². The maximum Gasteiger partial charge on any atom is 0.530 e. The molecule has 90 valence electrons. The van der Waals surface area contributed by atoms with Gasteiger partial charge in [0.05, 0.1) is 13.2 Å². The minimum absolute atomic E-state index is 0.219. The molecule has 0 radical (unpaired) electrons. The molecule has 0 saturated carbocycles. The Morgan fingerprint density at radius 2 is 2.00 bits per heavy atom. The van der Waals surface area contributed by atoms with E-state index in [1.54, 1.807) is 0 Å². The second-order valence-electron chi connectivity index (χ2n) is 3.96. The zero-order valence-corrected chi connectivity index (χ0v) is 10.8. The molecule has 2 atom stereocenters. The lowest BCUT2D eigenvalue weighted by Gasteiger charge is -2.30. The maximum atomic E-state index is 9.83. The van der Waals surface area contributed by atoms with Crippen molar-refractivity contribution in [1.82, 2.24) is 0 Å². The van der Waals surface area contributed by atoms with Gasteiger partial charge in [-0.3, -0.25) is 0 Å². The van der Waals surface area contributed by atoms with Crippen molar-refractivity contribution >= 4 is 8.80 Å². The largest absolute Gasteiger partial charge is 0.530 e. The van der Waals surface area contributed by atoms with Gasteiger partial charge in [-0.1, -0.05) is 6.92 Å². The van der Waals surface area contributed by atoms with Gasteiger partial charge in [0.15, 0.2) is 0 Å². The Bertz CT molecular complexity index is 203. The van der Waals surface area contributed by atoms with Gasteiger partial charge in [-0.2, -0.15) is 0 Å². The summed E-state index contributed by atoms with van der Waals surface area (Å²) in [5.41, 5.74) is -0.905. The standard InChI is InChI=1S/C9H20O5Si/c1-5-8(10)15(11-3,12-4)14-7-9(2)6-13-9/h8,10H,5-7H2,1-4H3. The Morgan fingerprint density at radius 1 is 1.47 bits per heavy atom. The van der Waals surface area contributed by atoms with Gasteiger partial charge in [0.2, 0.25) is 0 Å². The number of hydrogen-bond acceptors (Lipinski definition) is 5. The number of aliphatic hydroxyl groups is 1. The van der Waals surface area contributed by atoms with Gasteiger partial charge in [0, 0.05) is 14.2 Å². The van der Waals surface area contributed by atoms with Crippen LogP contribution in [0.3, 0.4) is 0 Å². The highest BCUT2D eigenvalue weighted by Gasteiger charge is 2.50. The van der Waals surface area contributed by atoms with E-state index in [0.717, 1.165) is 0 Å². The molecule has 1 rings (SSSR count). The monoisotopic (exact) mass is 236 g/mol. The molecule has 15 heavy (non-hydrogen) atoms. The summed E-state index contributed by atoms with van der Waals surface area (Å²) in [6.07, 6.45) is 0.547. The van der Waals surface area contributed by atoms with E-state index in [1.165, 1.54) is 14.2 Å². The van der Waals surface area contributed by atoms with Gasteiger partial charge in [-0.15, -0.1) is 0 Å². The highest BCUT2D eigenvalue weighted by atomic mass is 28.4. The summed E-state index contributed by atoms with van der Waals surface area (Å²) in [6, 6.07) is 0. The number of epoxide rings is 1. The van der Waals surface area contributed by atoms with Crippen LogP contribution < -0.4 is 0 Å². The Balaban J connectivity index is 2.54. The molecule has 1 saturated heterocycles. The second kappa shape index (κ2) is 4.90. The van der Waals surface area contributed by atoms with Crippen LogP contribution in [-0.2, 0) is 18.0 Å². The molecule has 1 aliphatic heterocycles. The van der Waals surface area contributed by atoms with Crippen LogP contribution in [0.15, 0.2) is 0 Å². The molecule has 1 heterocycles. The van der Waals surface area contributed by atoms with Crippen molar-refractivity contribution < 1.29 is 23.1 Å². The molecule has 2 unspecified atom stereocenters. The molecular formula is C9H20O5Si. The van der Waals surface area contributed by atoms with Crippen molar-refractivity contribution in [3.05, 3.63) is 0 Å². The van der Waals surface area contributed by atoms with Crippen molar-refractivity contribution in [2.24, 2.45) is 0 Å². The van der Waals surface area contributed by atoms with Crippen LogP contribution in [0.5, 0.6) is 0 Å². The molecular weight excluding hydrogens is 216 g/mol. The molecule has 0 spiro atoms. The lowest BCUT2D eigenvalue weighted by Crippen LogP contribution is -2.56. The smallest absolute Gasteiger partial charge is 0.389 e. The summed E-state index contributed by atoms with van der Waals surface area (Å²) in [7, 11) is 0.0682. The highest BCUT2D eigenvalue weighted by molar-refractivity contribution is 6.62. The van der Waals surface area contributed by atoms with Crippen LogP contribution in [0.2, 0.25) is 0 Å². The first-order valence-corrected chi connectivity index (χ1v) is 6.88. The van der Waals surface area contributed by atoms with Crippen LogP contribution in [0.25, 0.3) is 0 Å². The van der Waals surface area contributed by atoms with Gasteiger partial charge in [-0.25, -0.2) is 0 Å². The summed E-state index contributed by atoms with van der Waals surface area (Å²) in [5.74, 6) is 0. The van der Waals surface area contributed by atoms with E-state index in [-0.39, 0.29) is 5.60 Å². The van der Waals surface area contributed by atoms with Crippen LogP contribution in [0, 0.1) is 0 Å². The SMILES string of the molecule is CCC(O)[Si](OC)(OC)OCC1(C)CO1. The molecule has 0 aliphatic carbocycles. The third kappa shape index (κ3) is 2.99. The molecule has 6 heteroatoms. The predicted molar refractivity (Wildman–Crippen MR) is 56.4 cm³/mol. The number of ether oxygens (including phenoxy) is 1. The van der Waals surface area contributed by atoms with E-state index in [4.69, 9.17) is 18.0 Å². The van der Waals surface area contributed by atoms with Gasteiger partial charge in [0.1, 0.15) is 11.3 Å². The van der Waals surface area contributed by atoms with E-state index in [1.807, 2.05) is 13.8 Å². The molecule has 0 aromatic heterocycles. The molecule has 0 aromatic carbocycles. The van der Waals surface area contributed by atoms with Crippen molar-refractivity contribution in [3.63, 3.8) is 0 Å². The number of rotatable bonds is 7. The topological polar surface area (TPSA) is 60.5 Å². The fourth-order valence-corrected chi connectivity index (χ4v) is 3.42. The molecule has 1 aliphatic rings. The van der Waals surface area contributed by atoms with Crippen LogP contribution in [-0.4, -0.2) is 52.7 Å². The average molecular weight is 236 g/mol. The normalized spacial score (nSPS) is 27.8. The summed E-state index contributed by atoms with van der Waals surface area (Å²) in [4.78, 5) is 0. The Hall–Kier alpha value is 0.0169. The Morgan fingerprint density at radius 3 is 2.33 bits per heavy atom. The van der Waals surface area contributed by atoms with Crippen molar-refractivity contribution in [2.75, 3.05) is 27.4 Å². The quantitative estimate of drug-likeness (QED) is 0.510. The van der Waals surface area contributed by atoms with E-state index >= 15 is 0 Å². The Labute approximate surface area is 91.7 Å². The summed E-state index contributed by atoms with van der Waals surface area (Å²) >= 11 is 0. The summed E-state index contributed by atoms with van der Waals surface area (Å²) in [6.45, 7) is 4.91. The lowest BCUT2D eigenvalue weighted by molar-refractivity contribution is 0.0275. The van der Waals surface area contributed by atoms with Crippen LogP contribution in [0.4, 0.5) is 0 Å². The third-order valence-corrected chi connectivity index (χ3v) is 5.49. The summed E-state index contributed by atoms with van der Waals surface area (Å²) < 4.78 is 21.3. The van der Waals surface area contributed by atoms with E-state index in [0.29, 0.717) is 19.6 Å². The molecule has 0 amide bonds. The van der Waals surface area contributed by atoms with Gasteiger partial charge in [-0.05, 0) is 13.3 Å². The van der Waals surface area contributed by atoms with Gasteiger partial charge < -0.3 is 23.1 Å². The molecule has 0 aromatic rings. The minimum atomic E-state index is -2.94. The first-order chi connectivity index (χ1) is 7.02. The maximum absolute atomic E-state index is 9.83. The fourth-order valence-electron chi connectivity index (χ4n) is 1.28. The zero-order chi connectivity index (χ0) is 11.5. The molecule has 5 nitrogen and oxygen atoms in total. The minimum Gasteiger partial charge on any atom is -0.389 e. The first kappa shape index (κ1) is 13.1. The average Bonchev–Trinajstić information content (AvgIpc) is 2.98. The van der Waals surface area contributed by atoms with Gasteiger partial charge >= 0.3 is 8.80 Å². The lowest BCUT2D eigenvalue weighted by atomic mass is 10.2. The predicted octanol–water partition coefficient (Wildman–Crippen LogP) is 0.334. The van der Waals surface area contributed by atoms with Crippen molar-refractivity contribution in [3.8, 4) is 0 Å². The second-order valence-corrected chi connectivity index (χ2v) is 6.94. The third-order valence-electron chi connectivity index (χ3n) is 2.58.